The number of fused-ring (bicyclic) bond motifs is 2. The predicted molar refractivity (Wildman–Crippen MR) is 83.0 cm³/mol. The minimum Gasteiger partial charge on any atom is -0.340 e. The summed E-state index contributed by atoms with van der Waals surface area (Å²) in [7, 11) is 0. The number of nitrogens with zero attached hydrogens (tertiary/aromatic N) is 1. The Morgan fingerprint density at radius 2 is 2.10 bits per heavy atom. The highest BCUT2D eigenvalue weighted by molar-refractivity contribution is 8.00. The summed E-state index contributed by atoms with van der Waals surface area (Å²) in [5.74, 6) is 0.843. The van der Waals surface area contributed by atoms with Crippen molar-refractivity contribution in [1.82, 2.24) is 10.2 Å². The fraction of sp³-hybridized carbons (Fsp3) is 0.562. The standard InChI is InChI=1S/C16H22N2OS/c1-12-4-2-3-5-15(12)20-11-16(19)18-9-8-13-6-7-14(10-18)17-13/h2-5,13-14,17H,6-11H2,1H3. The Kier molecular flexibility index (Phi) is 4.32. The van der Waals surface area contributed by atoms with Gasteiger partial charge in [-0.2, -0.15) is 0 Å². The van der Waals surface area contributed by atoms with E-state index in [9.17, 15) is 4.79 Å². The van der Waals surface area contributed by atoms with Gasteiger partial charge in [-0.25, -0.2) is 0 Å². The lowest BCUT2D eigenvalue weighted by molar-refractivity contribution is -0.128. The second-order valence-corrected chi connectivity index (χ2v) is 6.84. The van der Waals surface area contributed by atoms with E-state index in [1.165, 1.54) is 23.3 Å². The summed E-state index contributed by atoms with van der Waals surface area (Å²) in [5.41, 5.74) is 1.25. The molecule has 4 heteroatoms. The summed E-state index contributed by atoms with van der Waals surface area (Å²) in [6, 6.07) is 9.44. The largest absolute Gasteiger partial charge is 0.340 e. The maximum Gasteiger partial charge on any atom is 0.232 e. The van der Waals surface area contributed by atoms with E-state index in [-0.39, 0.29) is 5.91 Å². The second-order valence-electron chi connectivity index (χ2n) is 5.82. The average Bonchev–Trinajstić information content (AvgIpc) is 2.77. The van der Waals surface area contributed by atoms with Gasteiger partial charge in [-0.05, 0) is 37.8 Å². The number of nitrogens with one attached hydrogen (secondary N) is 1. The van der Waals surface area contributed by atoms with E-state index in [4.69, 9.17) is 0 Å². The van der Waals surface area contributed by atoms with Crippen LogP contribution in [0, 0.1) is 6.92 Å². The molecule has 2 aliphatic heterocycles. The number of thioether (sulfide) groups is 1. The van der Waals surface area contributed by atoms with Crippen LogP contribution in [-0.4, -0.2) is 41.7 Å². The molecule has 108 valence electrons. The molecule has 2 fully saturated rings. The molecule has 1 N–H and O–H groups in total. The van der Waals surface area contributed by atoms with Crippen molar-refractivity contribution in [2.45, 2.75) is 43.2 Å². The number of hydrogen-bond donors (Lipinski definition) is 1. The molecule has 3 nitrogen and oxygen atoms in total. The fourth-order valence-electron chi connectivity index (χ4n) is 3.12. The summed E-state index contributed by atoms with van der Waals surface area (Å²) in [6.07, 6.45) is 3.61. The van der Waals surface area contributed by atoms with Crippen molar-refractivity contribution < 1.29 is 4.79 Å². The van der Waals surface area contributed by atoms with Crippen LogP contribution in [0.25, 0.3) is 0 Å². The van der Waals surface area contributed by atoms with Crippen molar-refractivity contribution in [2.75, 3.05) is 18.8 Å². The molecule has 2 bridgehead atoms. The van der Waals surface area contributed by atoms with E-state index in [1.807, 2.05) is 12.1 Å². The van der Waals surface area contributed by atoms with Gasteiger partial charge in [0, 0.05) is 30.1 Å². The van der Waals surface area contributed by atoms with Gasteiger partial charge in [-0.15, -0.1) is 11.8 Å². The van der Waals surface area contributed by atoms with Gasteiger partial charge in [0.15, 0.2) is 0 Å². The van der Waals surface area contributed by atoms with Gasteiger partial charge >= 0.3 is 0 Å². The number of aryl methyl sites for hydroxylation is 1. The highest BCUT2D eigenvalue weighted by Crippen LogP contribution is 2.24. The van der Waals surface area contributed by atoms with Crippen molar-refractivity contribution in [3.63, 3.8) is 0 Å². The lowest BCUT2D eigenvalue weighted by atomic mass is 10.1. The van der Waals surface area contributed by atoms with E-state index in [1.54, 1.807) is 11.8 Å². The van der Waals surface area contributed by atoms with Crippen molar-refractivity contribution >= 4 is 17.7 Å². The summed E-state index contributed by atoms with van der Waals surface area (Å²) in [4.78, 5) is 15.7. The average molecular weight is 290 g/mol. The monoisotopic (exact) mass is 290 g/mol. The van der Waals surface area contributed by atoms with Crippen LogP contribution in [0.15, 0.2) is 29.2 Å². The molecule has 2 aliphatic rings. The SMILES string of the molecule is Cc1ccccc1SCC(=O)N1CCC2CCC(C1)N2. The highest BCUT2D eigenvalue weighted by Gasteiger charge is 2.30. The number of hydrogen-bond acceptors (Lipinski definition) is 3. The molecule has 1 aromatic rings. The molecule has 1 amide bonds. The predicted octanol–water partition coefficient (Wildman–Crippen LogP) is 2.44. The number of carbonyl (C=O) groups excluding carboxylic acids is 1. The highest BCUT2D eigenvalue weighted by atomic mass is 32.2. The summed E-state index contributed by atoms with van der Waals surface area (Å²) in [5, 5.41) is 3.62. The maximum absolute atomic E-state index is 12.4. The zero-order valence-corrected chi connectivity index (χ0v) is 12.8. The van der Waals surface area contributed by atoms with E-state index >= 15 is 0 Å². The number of likely N-dealkylation sites (tertiary alicyclic amines) is 1. The van der Waals surface area contributed by atoms with E-state index in [2.05, 4.69) is 29.3 Å². The van der Waals surface area contributed by atoms with E-state index in [0.29, 0.717) is 17.8 Å². The van der Waals surface area contributed by atoms with Crippen LogP contribution in [0.3, 0.4) is 0 Å². The molecule has 2 saturated heterocycles. The zero-order valence-electron chi connectivity index (χ0n) is 12.0. The molecule has 0 aliphatic carbocycles. The van der Waals surface area contributed by atoms with Crippen LogP contribution in [0.4, 0.5) is 0 Å². The van der Waals surface area contributed by atoms with Crippen molar-refractivity contribution in [3.05, 3.63) is 29.8 Å². The molecule has 1 aromatic carbocycles. The van der Waals surface area contributed by atoms with Gasteiger partial charge < -0.3 is 10.2 Å². The topological polar surface area (TPSA) is 32.3 Å². The van der Waals surface area contributed by atoms with Crippen molar-refractivity contribution in [1.29, 1.82) is 0 Å². The zero-order chi connectivity index (χ0) is 13.9. The van der Waals surface area contributed by atoms with Gasteiger partial charge in [0.05, 0.1) is 5.75 Å². The maximum atomic E-state index is 12.4. The minimum atomic E-state index is 0.285. The molecule has 0 aromatic heterocycles. The van der Waals surface area contributed by atoms with Crippen molar-refractivity contribution in [2.24, 2.45) is 0 Å². The third kappa shape index (κ3) is 3.18. The Morgan fingerprint density at radius 1 is 1.30 bits per heavy atom. The lowest BCUT2D eigenvalue weighted by Crippen LogP contribution is -2.39. The molecular formula is C16H22N2OS. The Bertz CT molecular complexity index is 491. The Labute approximate surface area is 125 Å². The summed E-state index contributed by atoms with van der Waals surface area (Å²) in [6.45, 7) is 3.91. The lowest BCUT2D eigenvalue weighted by Gasteiger charge is -2.24. The molecule has 2 unspecified atom stereocenters. The molecule has 3 rings (SSSR count). The third-order valence-corrected chi connectivity index (χ3v) is 5.48. The van der Waals surface area contributed by atoms with Crippen LogP contribution in [-0.2, 0) is 4.79 Å². The summed E-state index contributed by atoms with van der Waals surface area (Å²) >= 11 is 1.66. The normalized spacial score (nSPS) is 25.6. The van der Waals surface area contributed by atoms with Gasteiger partial charge in [0.2, 0.25) is 5.91 Å². The Balaban J connectivity index is 1.55. The molecular weight excluding hydrogens is 268 g/mol. The van der Waals surface area contributed by atoms with Crippen LogP contribution in [0.1, 0.15) is 24.8 Å². The number of amides is 1. The minimum absolute atomic E-state index is 0.285. The summed E-state index contributed by atoms with van der Waals surface area (Å²) < 4.78 is 0. The van der Waals surface area contributed by atoms with Crippen molar-refractivity contribution in [3.8, 4) is 0 Å². The first-order chi connectivity index (χ1) is 9.72. The van der Waals surface area contributed by atoms with E-state index in [0.717, 1.165) is 19.5 Å². The van der Waals surface area contributed by atoms with Crippen LogP contribution in [0.2, 0.25) is 0 Å². The quantitative estimate of drug-likeness (QED) is 0.868. The van der Waals surface area contributed by atoms with Gasteiger partial charge in [0.25, 0.3) is 0 Å². The van der Waals surface area contributed by atoms with Gasteiger partial charge in [-0.1, -0.05) is 18.2 Å². The van der Waals surface area contributed by atoms with E-state index < -0.39 is 0 Å². The first-order valence-corrected chi connectivity index (χ1v) is 8.43. The third-order valence-electron chi connectivity index (χ3n) is 4.32. The Morgan fingerprint density at radius 3 is 2.95 bits per heavy atom. The van der Waals surface area contributed by atoms with Crippen LogP contribution in [0.5, 0.6) is 0 Å². The molecule has 2 heterocycles. The molecule has 0 radical (unpaired) electrons. The number of carbonyl (C=O) groups is 1. The number of rotatable bonds is 3. The number of benzene rings is 1. The molecule has 0 spiro atoms. The Hall–Kier alpha value is -1.00. The van der Waals surface area contributed by atoms with Gasteiger partial charge in [0.1, 0.15) is 0 Å². The van der Waals surface area contributed by atoms with Crippen LogP contribution < -0.4 is 5.32 Å². The smallest absolute Gasteiger partial charge is 0.232 e. The first kappa shape index (κ1) is 14.0. The molecule has 0 saturated carbocycles. The van der Waals surface area contributed by atoms with Gasteiger partial charge in [-0.3, -0.25) is 4.79 Å². The fourth-order valence-corrected chi connectivity index (χ4v) is 4.05. The molecule has 2 atom stereocenters. The van der Waals surface area contributed by atoms with Crippen LogP contribution >= 0.6 is 11.8 Å². The second kappa shape index (κ2) is 6.19. The first-order valence-electron chi connectivity index (χ1n) is 7.44. The molecule has 20 heavy (non-hydrogen) atoms.